The van der Waals surface area contributed by atoms with Gasteiger partial charge in [-0.2, -0.15) is 0 Å². The van der Waals surface area contributed by atoms with E-state index in [1.165, 1.54) is 43.4 Å². The van der Waals surface area contributed by atoms with Gasteiger partial charge in [0.1, 0.15) is 0 Å². The number of hydrogen-bond donors (Lipinski definition) is 2. The lowest BCUT2D eigenvalue weighted by Crippen LogP contribution is -1.79. The van der Waals surface area contributed by atoms with E-state index in [4.69, 9.17) is 0 Å². The van der Waals surface area contributed by atoms with Gasteiger partial charge in [-0.05, 0) is 35.4 Å². The molecule has 2 aromatic carbocycles. The summed E-state index contributed by atoms with van der Waals surface area (Å²) < 4.78 is 0. The summed E-state index contributed by atoms with van der Waals surface area (Å²) in [5, 5.41) is 0. The van der Waals surface area contributed by atoms with Crippen LogP contribution in [0.15, 0.2) is 97.3 Å². The molecule has 3 heterocycles. The van der Waals surface area contributed by atoms with Crippen molar-refractivity contribution in [1.29, 1.82) is 0 Å². The molecule has 0 aliphatic rings. The maximum Gasteiger partial charge on any atom is 0.0541 e. The van der Waals surface area contributed by atoms with Gasteiger partial charge in [0.25, 0.3) is 0 Å². The molecule has 0 spiro atoms. The van der Waals surface area contributed by atoms with E-state index in [1.807, 2.05) is 35.9 Å². The van der Waals surface area contributed by atoms with Crippen molar-refractivity contribution in [1.82, 2.24) is 9.97 Å². The van der Waals surface area contributed by atoms with Crippen LogP contribution in [-0.4, -0.2) is 9.97 Å². The van der Waals surface area contributed by atoms with Crippen molar-refractivity contribution in [3.8, 4) is 43.4 Å². The molecule has 0 unspecified atom stereocenters. The monoisotopic (exact) mass is 366 g/mol. The van der Waals surface area contributed by atoms with E-state index < -0.39 is 0 Å². The number of benzene rings is 2. The quantitative estimate of drug-likeness (QED) is 0.341. The molecule has 0 saturated carbocycles. The van der Waals surface area contributed by atoms with Crippen LogP contribution in [0.1, 0.15) is 0 Å². The molecule has 0 aliphatic carbocycles. The molecule has 3 heteroatoms. The van der Waals surface area contributed by atoms with Gasteiger partial charge in [-0.25, -0.2) is 0 Å². The Balaban J connectivity index is 1.55. The maximum atomic E-state index is 3.40. The lowest BCUT2D eigenvalue weighted by molar-refractivity contribution is 1.40. The minimum Gasteiger partial charge on any atom is -0.361 e. The summed E-state index contributed by atoms with van der Waals surface area (Å²) in [6.07, 6.45) is 4.03. The van der Waals surface area contributed by atoms with Gasteiger partial charge in [-0.15, -0.1) is 11.3 Å². The Kier molecular flexibility index (Phi) is 4.00. The van der Waals surface area contributed by atoms with Gasteiger partial charge < -0.3 is 9.97 Å². The number of hydrogen-bond acceptors (Lipinski definition) is 1. The van der Waals surface area contributed by atoms with Gasteiger partial charge in [0, 0.05) is 33.3 Å². The van der Waals surface area contributed by atoms with E-state index in [1.54, 1.807) is 0 Å². The van der Waals surface area contributed by atoms with Gasteiger partial charge in [0.2, 0.25) is 0 Å². The van der Waals surface area contributed by atoms with Crippen LogP contribution in [0.4, 0.5) is 0 Å². The highest BCUT2D eigenvalue weighted by molar-refractivity contribution is 7.18. The van der Waals surface area contributed by atoms with Crippen LogP contribution in [-0.2, 0) is 0 Å². The first-order valence-electron chi connectivity index (χ1n) is 8.96. The van der Waals surface area contributed by atoms with E-state index in [0.29, 0.717) is 0 Å². The molecule has 3 aromatic heterocycles. The zero-order chi connectivity index (χ0) is 18.1. The molecule has 5 aromatic rings. The largest absolute Gasteiger partial charge is 0.361 e. The van der Waals surface area contributed by atoms with E-state index >= 15 is 0 Å². The summed E-state index contributed by atoms with van der Waals surface area (Å²) in [6, 6.07) is 29.7. The van der Waals surface area contributed by atoms with Crippen molar-refractivity contribution in [2.24, 2.45) is 0 Å². The number of nitrogens with one attached hydrogen (secondary N) is 2. The smallest absolute Gasteiger partial charge is 0.0541 e. The highest BCUT2D eigenvalue weighted by Crippen LogP contribution is 2.41. The minimum absolute atomic E-state index is 1.17. The lowest BCUT2D eigenvalue weighted by atomic mass is 10.1. The summed E-state index contributed by atoms with van der Waals surface area (Å²) in [6.45, 7) is 0. The molecule has 130 valence electrons. The second-order valence-electron chi connectivity index (χ2n) is 6.43. The van der Waals surface area contributed by atoms with Gasteiger partial charge in [0.05, 0.1) is 11.4 Å². The third-order valence-electron chi connectivity index (χ3n) is 4.76. The summed E-state index contributed by atoms with van der Waals surface area (Å²) in [7, 11) is 0. The third-order valence-corrected chi connectivity index (χ3v) is 5.91. The first-order chi connectivity index (χ1) is 13.4. The van der Waals surface area contributed by atoms with E-state index in [2.05, 4.69) is 82.8 Å². The van der Waals surface area contributed by atoms with Crippen molar-refractivity contribution in [3.05, 3.63) is 97.3 Å². The van der Waals surface area contributed by atoms with Crippen LogP contribution < -0.4 is 0 Å². The molecule has 0 atom stereocenters. The second-order valence-corrected chi connectivity index (χ2v) is 7.51. The van der Waals surface area contributed by atoms with Crippen LogP contribution in [0, 0.1) is 0 Å². The molecule has 5 rings (SSSR count). The van der Waals surface area contributed by atoms with Gasteiger partial charge in [-0.1, -0.05) is 60.7 Å². The van der Waals surface area contributed by atoms with Crippen LogP contribution in [0.3, 0.4) is 0 Å². The number of H-pyrrole nitrogens is 2. The zero-order valence-electron chi connectivity index (χ0n) is 14.6. The van der Waals surface area contributed by atoms with Crippen molar-refractivity contribution in [2.45, 2.75) is 0 Å². The molecule has 0 fully saturated rings. The summed E-state index contributed by atoms with van der Waals surface area (Å²) >= 11 is 1.83. The highest BCUT2D eigenvalue weighted by atomic mass is 32.1. The Morgan fingerprint density at radius 2 is 0.926 bits per heavy atom. The predicted molar refractivity (Wildman–Crippen MR) is 115 cm³/mol. The molecule has 0 amide bonds. The summed E-state index contributed by atoms with van der Waals surface area (Å²) in [5.41, 5.74) is 7.24. The molecule has 2 nitrogen and oxygen atoms in total. The van der Waals surface area contributed by atoms with Crippen LogP contribution in [0.5, 0.6) is 0 Å². The normalized spacial score (nSPS) is 11.0. The van der Waals surface area contributed by atoms with Crippen LogP contribution in [0.25, 0.3) is 43.4 Å². The summed E-state index contributed by atoms with van der Waals surface area (Å²) in [4.78, 5) is 9.34. The Morgan fingerprint density at radius 1 is 0.481 bits per heavy atom. The lowest BCUT2D eigenvalue weighted by Gasteiger charge is -2.03. The molecular weight excluding hydrogens is 348 g/mol. The minimum atomic E-state index is 1.17. The summed E-state index contributed by atoms with van der Waals surface area (Å²) in [5.74, 6) is 0. The Labute approximate surface area is 162 Å². The average Bonchev–Trinajstić information content (AvgIpc) is 3.48. The fourth-order valence-corrected chi connectivity index (χ4v) is 4.53. The molecule has 0 aliphatic heterocycles. The van der Waals surface area contributed by atoms with Crippen molar-refractivity contribution >= 4 is 11.3 Å². The van der Waals surface area contributed by atoms with E-state index in [9.17, 15) is 0 Å². The molecule has 0 radical (unpaired) electrons. The van der Waals surface area contributed by atoms with Gasteiger partial charge >= 0.3 is 0 Å². The van der Waals surface area contributed by atoms with Crippen LogP contribution >= 0.6 is 11.3 Å². The SMILES string of the molecule is c1ccc(-c2[nH]ccc2-c2ccc(-c3cc[nH]c3-c3ccccc3)s2)cc1. The topological polar surface area (TPSA) is 31.6 Å². The van der Waals surface area contributed by atoms with E-state index in [0.717, 1.165) is 0 Å². The Hall–Kier alpha value is -3.30. The van der Waals surface area contributed by atoms with Crippen molar-refractivity contribution in [3.63, 3.8) is 0 Å². The Bertz CT molecular complexity index is 1070. The fraction of sp³-hybridized carbons (Fsp3) is 0. The average molecular weight is 366 g/mol. The third kappa shape index (κ3) is 2.92. The van der Waals surface area contributed by atoms with Crippen LogP contribution in [0.2, 0.25) is 0 Å². The Morgan fingerprint density at radius 3 is 1.37 bits per heavy atom. The van der Waals surface area contributed by atoms with Gasteiger partial charge in [0.15, 0.2) is 0 Å². The highest BCUT2D eigenvalue weighted by Gasteiger charge is 2.14. The molecule has 0 bridgehead atoms. The van der Waals surface area contributed by atoms with Gasteiger partial charge in [-0.3, -0.25) is 0 Å². The number of thiophene rings is 1. The number of rotatable bonds is 4. The molecule has 2 N–H and O–H groups in total. The van der Waals surface area contributed by atoms with E-state index in [-0.39, 0.29) is 0 Å². The number of aromatic nitrogens is 2. The first kappa shape index (κ1) is 15.9. The standard InChI is InChI=1S/C24H18N2S/c1-3-7-17(8-4-1)23-19(13-15-25-23)21-11-12-22(27-21)20-14-16-26-24(20)18-9-5-2-6-10-18/h1-16,25-26H. The second kappa shape index (κ2) is 6.78. The first-order valence-corrected chi connectivity index (χ1v) is 9.78. The molecule has 27 heavy (non-hydrogen) atoms. The predicted octanol–water partition coefficient (Wildman–Crippen LogP) is 7.07. The zero-order valence-corrected chi connectivity index (χ0v) is 15.5. The maximum absolute atomic E-state index is 3.40. The van der Waals surface area contributed by atoms with Crippen molar-refractivity contribution < 1.29 is 0 Å². The fourth-order valence-electron chi connectivity index (χ4n) is 3.46. The number of aromatic amines is 2. The molecular formula is C24H18N2S. The molecule has 0 saturated heterocycles. The van der Waals surface area contributed by atoms with Crippen molar-refractivity contribution in [2.75, 3.05) is 0 Å².